The number of anilines is 1. The van der Waals surface area contributed by atoms with Gasteiger partial charge in [-0.05, 0) is 68.0 Å². The second-order valence-electron chi connectivity index (χ2n) is 7.49. The van der Waals surface area contributed by atoms with Gasteiger partial charge in [0.2, 0.25) is 0 Å². The summed E-state index contributed by atoms with van der Waals surface area (Å²) in [5, 5.41) is 4.62. The van der Waals surface area contributed by atoms with Crippen molar-refractivity contribution in [3.8, 4) is 5.75 Å². The van der Waals surface area contributed by atoms with Gasteiger partial charge in [0.1, 0.15) is 12.4 Å². The number of aromatic amines is 1. The lowest BCUT2D eigenvalue weighted by atomic mass is 9.96. The number of methoxy groups -OCH3 is 1. The highest BCUT2D eigenvalue weighted by atomic mass is 35.5. The number of thiocarbonyl (C=S) groups is 1. The van der Waals surface area contributed by atoms with Crippen molar-refractivity contribution >= 4 is 34.6 Å². The van der Waals surface area contributed by atoms with Crippen LogP contribution in [0.1, 0.15) is 34.7 Å². The third kappa shape index (κ3) is 4.39. The van der Waals surface area contributed by atoms with Gasteiger partial charge in [0, 0.05) is 30.4 Å². The summed E-state index contributed by atoms with van der Waals surface area (Å²) >= 11 is 12.3. The quantitative estimate of drug-likeness (QED) is 0.390. The first-order chi connectivity index (χ1) is 15.0. The molecule has 0 unspecified atom stereocenters. The minimum atomic E-state index is -0.0981. The third-order valence-electron chi connectivity index (χ3n) is 5.35. The van der Waals surface area contributed by atoms with Crippen LogP contribution in [0.25, 0.3) is 0 Å². The van der Waals surface area contributed by atoms with E-state index in [2.05, 4.69) is 40.1 Å². The molecule has 6 nitrogen and oxygen atoms in total. The zero-order chi connectivity index (χ0) is 22.0. The second kappa shape index (κ2) is 9.26. The Morgan fingerprint density at radius 2 is 2.00 bits per heavy atom. The Bertz CT molecular complexity index is 1070. The van der Waals surface area contributed by atoms with E-state index in [0.717, 1.165) is 28.3 Å². The standard InChI is InChI=1S/C23H25ClN4O2S/c1-14-12-17(15(2)26-14)22-21(19-6-4-5-9-25-19)27-23(31)28(22)16-7-8-20(18(24)13-16)30-11-10-29-3/h4-9,12-13,21-22,26H,10-11H2,1-3H3,(H,27,31)/t21-,22+/m1/s1. The molecule has 0 aliphatic carbocycles. The monoisotopic (exact) mass is 456 g/mol. The van der Waals surface area contributed by atoms with Crippen LogP contribution in [0.4, 0.5) is 5.69 Å². The highest BCUT2D eigenvalue weighted by molar-refractivity contribution is 7.80. The topological polar surface area (TPSA) is 62.4 Å². The van der Waals surface area contributed by atoms with Crippen molar-refractivity contribution in [3.05, 3.63) is 76.3 Å². The lowest BCUT2D eigenvalue weighted by Gasteiger charge is -2.28. The van der Waals surface area contributed by atoms with E-state index in [4.69, 9.17) is 33.3 Å². The number of aryl methyl sites for hydroxylation is 2. The zero-order valence-electron chi connectivity index (χ0n) is 17.7. The molecule has 2 aromatic heterocycles. The van der Waals surface area contributed by atoms with E-state index in [1.54, 1.807) is 13.3 Å². The van der Waals surface area contributed by atoms with Gasteiger partial charge in [-0.15, -0.1) is 0 Å². The number of benzene rings is 1. The van der Waals surface area contributed by atoms with Crippen molar-refractivity contribution in [1.82, 2.24) is 15.3 Å². The number of halogens is 1. The first-order valence-corrected chi connectivity index (χ1v) is 10.9. The SMILES string of the molecule is COCCOc1ccc(N2C(=S)N[C@H](c3ccccn3)[C@@H]2c2cc(C)[nH]c2C)cc1Cl. The number of aromatic nitrogens is 2. The molecule has 1 aliphatic rings. The van der Waals surface area contributed by atoms with Gasteiger partial charge in [0.15, 0.2) is 5.11 Å². The van der Waals surface area contributed by atoms with E-state index in [9.17, 15) is 0 Å². The summed E-state index contributed by atoms with van der Waals surface area (Å²) in [6.45, 7) is 5.07. The zero-order valence-corrected chi connectivity index (χ0v) is 19.3. The molecular formula is C23H25ClN4O2S. The molecule has 0 radical (unpaired) electrons. The highest BCUT2D eigenvalue weighted by Gasteiger charge is 2.41. The van der Waals surface area contributed by atoms with Crippen molar-refractivity contribution in [2.45, 2.75) is 25.9 Å². The van der Waals surface area contributed by atoms with Crippen LogP contribution < -0.4 is 15.0 Å². The van der Waals surface area contributed by atoms with Crippen LogP contribution in [0.5, 0.6) is 5.75 Å². The van der Waals surface area contributed by atoms with Crippen molar-refractivity contribution in [2.24, 2.45) is 0 Å². The average Bonchev–Trinajstić information content (AvgIpc) is 3.27. The molecule has 1 aliphatic heterocycles. The first kappa shape index (κ1) is 21.6. The number of nitrogens with one attached hydrogen (secondary N) is 2. The van der Waals surface area contributed by atoms with Gasteiger partial charge in [-0.2, -0.15) is 0 Å². The van der Waals surface area contributed by atoms with Crippen LogP contribution >= 0.6 is 23.8 Å². The normalized spacial score (nSPS) is 18.3. The van der Waals surface area contributed by atoms with Gasteiger partial charge in [-0.3, -0.25) is 4.98 Å². The number of rotatable bonds is 7. The summed E-state index contributed by atoms with van der Waals surface area (Å²) in [6, 6.07) is 13.7. The molecule has 31 heavy (non-hydrogen) atoms. The molecule has 0 spiro atoms. The molecule has 1 saturated heterocycles. The minimum Gasteiger partial charge on any atom is -0.490 e. The maximum Gasteiger partial charge on any atom is 0.174 e. The second-order valence-corrected chi connectivity index (χ2v) is 8.28. The Labute approximate surface area is 192 Å². The highest BCUT2D eigenvalue weighted by Crippen LogP contribution is 2.44. The van der Waals surface area contributed by atoms with Crippen LogP contribution in [0.3, 0.4) is 0 Å². The first-order valence-electron chi connectivity index (χ1n) is 10.1. The molecule has 0 bridgehead atoms. The number of nitrogens with zero attached hydrogens (tertiary/aromatic N) is 2. The Hall–Kier alpha value is -2.61. The molecule has 3 aromatic rings. The van der Waals surface area contributed by atoms with Gasteiger partial charge >= 0.3 is 0 Å². The average molecular weight is 457 g/mol. The van der Waals surface area contributed by atoms with Crippen molar-refractivity contribution in [2.75, 3.05) is 25.2 Å². The number of ether oxygens (including phenoxy) is 2. The minimum absolute atomic E-state index is 0.0799. The van der Waals surface area contributed by atoms with E-state index >= 15 is 0 Å². The van der Waals surface area contributed by atoms with Crippen molar-refractivity contribution in [1.29, 1.82) is 0 Å². The number of pyridine rings is 1. The molecule has 4 rings (SSSR count). The molecule has 2 atom stereocenters. The van der Waals surface area contributed by atoms with Crippen LogP contribution in [-0.2, 0) is 4.74 Å². The fraction of sp³-hybridized carbons (Fsp3) is 0.304. The summed E-state index contributed by atoms with van der Waals surface area (Å²) in [6.07, 6.45) is 1.80. The van der Waals surface area contributed by atoms with Gasteiger partial charge in [-0.25, -0.2) is 0 Å². The van der Waals surface area contributed by atoms with E-state index < -0.39 is 0 Å². The van der Waals surface area contributed by atoms with E-state index in [1.807, 2.05) is 36.4 Å². The maximum atomic E-state index is 6.54. The van der Waals surface area contributed by atoms with E-state index in [-0.39, 0.29) is 12.1 Å². The smallest absolute Gasteiger partial charge is 0.174 e. The molecule has 8 heteroatoms. The molecule has 1 aromatic carbocycles. The lowest BCUT2D eigenvalue weighted by Crippen LogP contribution is -2.29. The summed E-state index contributed by atoms with van der Waals surface area (Å²) in [5.74, 6) is 0.618. The maximum absolute atomic E-state index is 6.54. The molecule has 162 valence electrons. The van der Waals surface area contributed by atoms with Crippen molar-refractivity contribution in [3.63, 3.8) is 0 Å². The summed E-state index contributed by atoms with van der Waals surface area (Å²) in [4.78, 5) is 10.1. The largest absolute Gasteiger partial charge is 0.490 e. The predicted molar refractivity (Wildman–Crippen MR) is 127 cm³/mol. The molecule has 2 N–H and O–H groups in total. The van der Waals surface area contributed by atoms with Gasteiger partial charge in [0.05, 0.1) is 29.4 Å². The summed E-state index contributed by atoms with van der Waals surface area (Å²) < 4.78 is 10.7. The van der Waals surface area contributed by atoms with Crippen LogP contribution in [0.15, 0.2) is 48.7 Å². The van der Waals surface area contributed by atoms with E-state index in [1.165, 1.54) is 0 Å². The van der Waals surface area contributed by atoms with Crippen LogP contribution in [0, 0.1) is 13.8 Å². The molecule has 0 saturated carbocycles. The van der Waals surface area contributed by atoms with Gasteiger partial charge < -0.3 is 24.7 Å². The fourth-order valence-electron chi connectivity index (χ4n) is 3.99. The number of H-pyrrole nitrogens is 1. The molecule has 1 fully saturated rings. The van der Waals surface area contributed by atoms with Crippen LogP contribution in [0.2, 0.25) is 5.02 Å². The Balaban J connectivity index is 1.74. The number of hydrogen-bond acceptors (Lipinski definition) is 4. The fourth-order valence-corrected chi connectivity index (χ4v) is 4.57. The molecule has 3 heterocycles. The Morgan fingerprint density at radius 3 is 2.65 bits per heavy atom. The van der Waals surface area contributed by atoms with E-state index in [0.29, 0.717) is 29.1 Å². The molecular weight excluding hydrogens is 432 g/mol. The lowest BCUT2D eigenvalue weighted by molar-refractivity contribution is 0.146. The Kier molecular flexibility index (Phi) is 6.46. The third-order valence-corrected chi connectivity index (χ3v) is 5.96. The Morgan fingerprint density at radius 1 is 1.16 bits per heavy atom. The van der Waals surface area contributed by atoms with Gasteiger partial charge in [-0.1, -0.05) is 17.7 Å². The predicted octanol–water partition coefficient (Wildman–Crippen LogP) is 4.88. The van der Waals surface area contributed by atoms with Crippen molar-refractivity contribution < 1.29 is 9.47 Å². The number of hydrogen-bond donors (Lipinski definition) is 2. The summed E-state index contributed by atoms with van der Waals surface area (Å²) in [5.41, 5.74) is 5.19. The van der Waals surface area contributed by atoms with Crippen LogP contribution in [-0.4, -0.2) is 35.4 Å². The van der Waals surface area contributed by atoms with Gasteiger partial charge in [0.25, 0.3) is 0 Å². The summed E-state index contributed by atoms with van der Waals surface area (Å²) in [7, 11) is 1.64. The molecule has 0 amide bonds.